The van der Waals surface area contributed by atoms with E-state index < -0.39 is 0 Å². The van der Waals surface area contributed by atoms with Crippen LogP contribution in [0, 0.1) is 0 Å². The fourth-order valence-corrected chi connectivity index (χ4v) is 1.58. The molecule has 0 amide bonds. The summed E-state index contributed by atoms with van der Waals surface area (Å²) in [6.07, 6.45) is 3.20. The third-order valence-electron chi connectivity index (χ3n) is 2.14. The molecule has 3 N–H and O–H groups in total. The number of anilines is 2. The molecule has 4 nitrogen and oxygen atoms in total. The fourth-order valence-electron chi connectivity index (χ4n) is 1.33. The lowest BCUT2D eigenvalue weighted by atomic mass is 10.2. The van der Waals surface area contributed by atoms with Gasteiger partial charge in [-0.1, -0.05) is 17.7 Å². The van der Waals surface area contributed by atoms with Crippen LogP contribution in [0.2, 0.25) is 5.02 Å². The fraction of sp³-hybridized carbons (Fsp3) is 0.0909. The van der Waals surface area contributed by atoms with Crippen LogP contribution in [0.5, 0.6) is 0 Å². The molecule has 1 aromatic carbocycles. The second kappa shape index (κ2) is 4.81. The van der Waals surface area contributed by atoms with Crippen molar-refractivity contribution in [1.82, 2.24) is 9.97 Å². The van der Waals surface area contributed by atoms with Crippen molar-refractivity contribution >= 4 is 23.0 Å². The first-order valence-electron chi connectivity index (χ1n) is 4.80. The van der Waals surface area contributed by atoms with Crippen molar-refractivity contribution in [1.29, 1.82) is 0 Å². The highest BCUT2D eigenvalue weighted by Gasteiger charge is 2.03. The number of nitrogens with zero attached hydrogens (tertiary/aromatic N) is 2. The van der Waals surface area contributed by atoms with Crippen LogP contribution >= 0.6 is 11.6 Å². The first-order valence-corrected chi connectivity index (χ1v) is 5.18. The van der Waals surface area contributed by atoms with Gasteiger partial charge in [0, 0.05) is 6.20 Å². The molecule has 0 unspecified atom stereocenters. The van der Waals surface area contributed by atoms with Crippen LogP contribution in [0.4, 0.5) is 11.4 Å². The van der Waals surface area contributed by atoms with Crippen LogP contribution in [0.25, 0.3) is 0 Å². The lowest BCUT2D eigenvalue weighted by molar-refractivity contribution is 1.01. The van der Waals surface area contributed by atoms with Crippen LogP contribution in [-0.4, -0.2) is 9.97 Å². The summed E-state index contributed by atoms with van der Waals surface area (Å²) in [5.74, 6) is 0. The van der Waals surface area contributed by atoms with Crippen molar-refractivity contribution in [2.24, 2.45) is 0 Å². The van der Waals surface area contributed by atoms with E-state index in [1.54, 1.807) is 18.3 Å². The van der Waals surface area contributed by atoms with Gasteiger partial charge in [-0.25, -0.2) is 9.97 Å². The third kappa shape index (κ3) is 2.41. The number of nitrogen functional groups attached to an aromatic ring is 1. The Balaban J connectivity index is 2.11. The van der Waals surface area contributed by atoms with Gasteiger partial charge in [0.05, 0.1) is 28.6 Å². The number of nitrogens with two attached hydrogens (primary N) is 1. The number of aromatic nitrogens is 2. The molecule has 1 heterocycles. The summed E-state index contributed by atoms with van der Waals surface area (Å²) in [5, 5.41) is 3.76. The Bertz CT molecular complexity index is 452. The van der Waals surface area contributed by atoms with E-state index in [4.69, 9.17) is 17.3 Å². The minimum atomic E-state index is 0.566. The molecule has 0 aliphatic carbocycles. The Kier molecular flexibility index (Phi) is 3.22. The number of para-hydroxylation sites is 1. The number of nitrogens with one attached hydrogen (secondary N) is 1. The molecule has 0 saturated carbocycles. The molecule has 0 bridgehead atoms. The second-order valence-electron chi connectivity index (χ2n) is 3.26. The number of benzene rings is 1. The third-order valence-corrected chi connectivity index (χ3v) is 2.45. The van der Waals surface area contributed by atoms with Crippen molar-refractivity contribution in [2.45, 2.75) is 6.54 Å². The van der Waals surface area contributed by atoms with E-state index in [1.807, 2.05) is 12.1 Å². The Morgan fingerprint density at radius 1 is 1.31 bits per heavy atom. The summed E-state index contributed by atoms with van der Waals surface area (Å²) in [5.41, 5.74) is 8.05. The first-order chi connectivity index (χ1) is 7.77. The second-order valence-corrected chi connectivity index (χ2v) is 3.67. The van der Waals surface area contributed by atoms with Crippen LogP contribution in [0.3, 0.4) is 0 Å². The Labute approximate surface area is 98.5 Å². The molecule has 0 aliphatic rings. The molecule has 0 radical (unpaired) electrons. The SMILES string of the molecule is Nc1cccc(Cl)c1NCc1ccncn1. The smallest absolute Gasteiger partial charge is 0.115 e. The Hall–Kier alpha value is -1.81. The van der Waals surface area contributed by atoms with Gasteiger partial charge in [-0.3, -0.25) is 0 Å². The monoisotopic (exact) mass is 234 g/mol. The average molecular weight is 235 g/mol. The predicted octanol–water partition coefficient (Wildman–Crippen LogP) is 2.32. The molecule has 2 aromatic rings. The molecule has 2 rings (SSSR count). The molecule has 5 heteroatoms. The normalized spacial score (nSPS) is 10.1. The standard InChI is InChI=1S/C11H11ClN4/c12-9-2-1-3-10(13)11(9)15-6-8-4-5-14-7-16-8/h1-5,7,15H,6,13H2. The summed E-state index contributed by atoms with van der Waals surface area (Å²) in [6, 6.07) is 7.24. The van der Waals surface area contributed by atoms with E-state index in [9.17, 15) is 0 Å². The minimum absolute atomic E-state index is 0.566. The summed E-state index contributed by atoms with van der Waals surface area (Å²) in [7, 11) is 0. The Morgan fingerprint density at radius 2 is 2.19 bits per heavy atom. The van der Waals surface area contributed by atoms with Gasteiger partial charge in [-0.05, 0) is 18.2 Å². The van der Waals surface area contributed by atoms with Crippen molar-refractivity contribution < 1.29 is 0 Å². The molecule has 0 atom stereocenters. The van der Waals surface area contributed by atoms with E-state index in [2.05, 4.69) is 15.3 Å². The Morgan fingerprint density at radius 3 is 2.88 bits per heavy atom. The molecule has 0 saturated heterocycles. The van der Waals surface area contributed by atoms with Crippen LogP contribution < -0.4 is 11.1 Å². The minimum Gasteiger partial charge on any atom is -0.397 e. The van der Waals surface area contributed by atoms with E-state index in [1.165, 1.54) is 6.33 Å². The van der Waals surface area contributed by atoms with Crippen molar-refractivity contribution in [3.8, 4) is 0 Å². The lowest BCUT2D eigenvalue weighted by Crippen LogP contribution is -2.04. The topological polar surface area (TPSA) is 63.8 Å². The van der Waals surface area contributed by atoms with Gasteiger partial charge in [-0.15, -0.1) is 0 Å². The average Bonchev–Trinajstić information content (AvgIpc) is 2.30. The van der Waals surface area contributed by atoms with E-state index in [0.717, 1.165) is 11.4 Å². The molecular formula is C11H11ClN4. The zero-order valence-corrected chi connectivity index (χ0v) is 9.28. The van der Waals surface area contributed by atoms with Crippen LogP contribution in [-0.2, 0) is 6.54 Å². The number of rotatable bonds is 3. The summed E-state index contributed by atoms with van der Waals surface area (Å²) in [6.45, 7) is 0.566. The summed E-state index contributed by atoms with van der Waals surface area (Å²) < 4.78 is 0. The van der Waals surface area contributed by atoms with Gasteiger partial charge < -0.3 is 11.1 Å². The van der Waals surface area contributed by atoms with Gasteiger partial charge in [0.2, 0.25) is 0 Å². The highest BCUT2D eigenvalue weighted by Crippen LogP contribution is 2.27. The van der Waals surface area contributed by atoms with Gasteiger partial charge in [0.15, 0.2) is 0 Å². The van der Waals surface area contributed by atoms with Crippen LogP contribution in [0.15, 0.2) is 36.8 Å². The van der Waals surface area contributed by atoms with Gasteiger partial charge in [0.25, 0.3) is 0 Å². The maximum Gasteiger partial charge on any atom is 0.115 e. The molecule has 0 aliphatic heterocycles. The van der Waals surface area contributed by atoms with Crippen molar-refractivity contribution in [2.75, 3.05) is 11.1 Å². The maximum atomic E-state index is 6.02. The van der Waals surface area contributed by atoms with E-state index in [0.29, 0.717) is 17.3 Å². The zero-order chi connectivity index (χ0) is 11.4. The summed E-state index contributed by atoms with van der Waals surface area (Å²) in [4.78, 5) is 7.94. The first kappa shape index (κ1) is 10.7. The molecule has 16 heavy (non-hydrogen) atoms. The molecule has 0 fully saturated rings. The number of hydrogen-bond acceptors (Lipinski definition) is 4. The molecular weight excluding hydrogens is 224 g/mol. The summed E-state index contributed by atoms with van der Waals surface area (Å²) >= 11 is 6.02. The van der Waals surface area contributed by atoms with Gasteiger partial charge in [0.1, 0.15) is 6.33 Å². The predicted molar refractivity (Wildman–Crippen MR) is 65.2 cm³/mol. The quantitative estimate of drug-likeness (QED) is 0.800. The van der Waals surface area contributed by atoms with Crippen LogP contribution in [0.1, 0.15) is 5.69 Å². The largest absolute Gasteiger partial charge is 0.397 e. The zero-order valence-electron chi connectivity index (χ0n) is 8.52. The van der Waals surface area contributed by atoms with Gasteiger partial charge in [-0.2, -0.15) is 0 Å². The van der Waals surface area contributed by atoms with E-state index in [-0.39, 0.29) is 0 Å². The van der Waals surface area contributed by atoms with Crippen molar-refractivity contribution in [3.05, 3.63) is 47.5 Å². The number of halogens is 1. The molecule has 0 spiro atoms. The van der Waals surface area contributed by atoms with Gasteiger partial charge >= 0.3 is 0 Å². The van der Waals surface area contributed by atoms with Crippen molar-refractivity contribution in [3.63, 3.8) is 0 Å². The highest BCUT2D eigenvalue weighted by atomic mass is 35.5. The molecule has 1 aromatic heterocycles. The maximum absolute atomic E-state index is 6.02. The van der Waals surface area contributed by atoms with E-state index >= 15 is 0 Å². The number of hydrogen-bond donors (Lipinski definition) is 2. The highest BCUT2D eigenvalue weighted by molar-refractivity contribution is 6.33. The lowest BCUT2D eigenvalue weighted by Gasteiger charge is -2.10. The molecule has 82 valence electrons.